The predicted molar refractivity (Wildman–Crippen MR) is 105 cm³/mol. The Balaban J connectivity index is 1.37. The summed E-state index contributed by atoms with van der Waals surface area (Å²) < 4.78 is 11.1. The van der Waals surface area contributed by atoms with Gasteiger partial charge in [0.1, 0.15) is 5.69 Å². The van der Waals surface area contributed by atoms with Crippen molar-refractivity contribution in [3.8, 4) is 11.5 Å². The summed E-state index contributed by atoms with van der Waals surface area (Å²) in [4.78, 5) is 26.7. The predicted octanol–water partition coefficient (Wildman–Crippen LogP) is 2.22. The standard InChI is InChI=1S/C22H24N4O3/c1-13-9-24-17(10-23-13)22(27)26-11-16(15-2-3-18-19(8-15)29-12-28-18)21-20(26)14-4-6-25(21)7-5-14/h2-3,8-10,14,16,20-21H,4-7,11-12H2,1H3/t16-,20+,21+/m0/s1. The van der Waals surface area contributed by atoms with E-state index in [4.69, 9.17) is 9.47 Å². The third kappa shape index (κ3) is 2.64. The average Bonchev–Trinajstić information content (AvgIpc) is 3.40. The smallest absolute Gasteiger partial charge is 0.274 e. The molecule has 6 heterocycles. The van der Waals surface area contributed by atoms with E-state index >= 15 is 0 Å². The van der Waals surface area contributed by atoms with Gasteiger partial charge in [-0.2, -0.15) is 0 Å². The molecule has 0 saturated carbocycles. The van der Waals surface area contributed by atoms with Crippen LogP contribution < -0.4 is 9.47 Å². The molecule has 0 unspecified atom stereocenters. The minimum Gasteiger partial charge on any atom is -0.454 e. The lowest BCUT2D eigenvalue weighted by molar-refractivity contribution is -0.00360. The quantitative estimate of drug-likeness (QED) is 0.781. The van der Waals surface area contributed by atoms with Gasteiger partial charge in [0.15, 0.2) is 11.5 Å². The van der Waals surface area contributed by atoms with E-state index in [2.05, 4.69) is 31.9 Å². The highest BCUT2D eigenvalue weighted by molar-refractivity contribution is 5.92. The molecule has 1 aromatic heterocycles. The molecule has 0 N–H and O–H groups in total. The Morgan fingerprint density at radius 1 is 1.07 bits per heavy atom. The number of benzene rings is 1. The minimum atomic E-state index is 0.00416. The Morgan fingerprint density at radius 2 is 1.90 bits per heavy atom. The molecule has 7 rings (SSSR count). The number of aromatic nitrogens is 2. The molecule has 2 aromatic rings. The van der Waals surface area contributed by atoms with Gasteiger partial charge in [0.25, 0.3) is 5.91 Å². The summed E-state index contributed by atoms with van der Waals surface area (Å²) in [5.41, 5.74) is 2.49. The number of hydrogen-bond acceptors (Lipinski definition) is 6. The normalized spacial score (nSPS) is 31.8. The van der Waals surface area contributed by atoms with Gasteiger partial charge in [-0.15, -0.1) is 0 Å². The molecule has 150 valence electrons. The Labute approximate surface area is 169 Å². The number of aryl methyl sites for hydroxylation is 1. The number of hydrogen-bond donors (Lipinski definition) is 0. The van der Waals surface area contributed by atoms with Crippen LogP contribution in [0.3, 0.4) is 0 Å². The van der Waals surface area contributed by atoms with Crippen LogP contribution in [-0.4, -0.2) is 64.2 Å². The summed E-state index contributed by atoms with van der Waals surface area (Å²) in [5.74, 6) is 2.44. The highest BCUT2D eigenvalue weighted by Crippen LogP contribution is 2.48. The zero-order valence-corrected chi connectivity index (χ0v) is 16.5. The van der Waals surface area contributed by atoms with Crippen LogP contribution in [0.5, 0.6) is 11.5 Å². The maximum absolute atomic E-state index is 13.4. The third-order valence-corrected chi connectivity index (χ3v) is 7.08. The summed E-state index contributed by atoms with van der Waals surface area (Å²) in [6, 6.07) is 6.83. The van der Waals surface area contributed by atoms with Gasteiger partial charge in [-0.05, 0) is 56.5 Å². The summed E-state index contributed by atoms with van der Waals surface area (Å²) in [6.07, 6.45) is 5.62. The summed E-state index contributed by atoms with van der Waals surface area (Å²) in [5, 5.41) is 0. The van der Waals surface area contributed by atoms with Gasteiger partial charge in [0.2, 0.25) is 6.79 Å². The van der Waals surface area contributed by atoms with Crippen LogP contribution in [-0.2, 0) is 0 Å². The molecule has 5 aliphatic rings. The summed E-state index contributed by atoms with van der Waals surface area (Å²) in [7, 11) is 0. The van der Waals surface area contributed by atoms with Gasteiger partial charge < -0.3 is 14.4 Å². The van der Waals surface area contributed by atoms with Crippen molar-refractivity contribution >= 4 is 5.91 Å². The van der Waals surface area contributed by atoms with Crippen LogP contribution in [0, 0.1) is 12.8 Å². The second kappa shape index (κ2) is 6.42. The second-order valence-corrected chi connectivity index (χ2v) is 8.57. The van der Waals surface area contributed by atoms with Crippen molar-refractivity contribution in [2.75, 3.05) is 26.4 Å². The zero-order valence-electron chi connectivity index (χ0n) is 16.5. The molecule has 5 aliphatic heterocycles. The van der Waals surface area contributed by atoms with E-state index in [0.717, 1.165) is 30.3 Å². The number of nitrogens with zero attached hydrogens (tertiary/aromatic N) is 4. The lowest BCUT2D eigenvalue weighted by Crippen LogP contribution is -2.60. The first-order valence-electron chi connectivity index (χ1n) is 10.4. The Hall–Kier alpha value is -2.67. The van der Waals surface area contributed by atoms with E-state index in [9.17, 15) is 4.79 Å². The SMILES string of the molecule is Cc1cnc(C(=O)N2C[C@@H](c3ccc4c(c3)OCO4)[C@@H]3[C@H]2C2CCN3CC2)cn1. The molecule has 0 radical (unpaired) electrons. The fourth-order valence-electron chi connectivity index (χ4n) is 5.74. The monoisotopic (exact) mass is 392 g/mol. The van der Waals surface area contributed by atoms with Crippen LogP contribution in [0.1, 0.15) is 40.5 Å². The van der Waals surface area contributed by atoms with Gasteiger partial charge in [-0.1, -0.05) is 6.07 Å². The maximum Gasteiger partial charge on any atom is 0.274 e. The second-order valence-electron chi connectivity index (χ2n) is 8.57. The van der Waals surface area contributed by atoms with Crippen molar-refractivity contribution in [3.05, 3.63) is 47.5 Å². The Kier molecular flexibility index (Phi) is 3.81. The molecule has 2 bridgehead atoms. The van der Waals surface area contributed by atoms with E-state index in [0.29, 0.717) is 24.2 Å². The first-order valence-corrected chi connectivity index (χ1v) is 10.4. The first kappa shape index (κ1) is 17.2. The number of amides is 1. The van der Waals surface area contributed by atoms with Crippen LogP contribution in [0.25, 0.3) is 0 Å². The molecule has 29 heavy (non-hydrogen) atoms. The van der Waals surface area contributed by atoms with Crippen LogP contribution >= 0.6 is 0 Å². The topological polar surface area (TPSA) is 67.8 Å². The molecular formula is C22H24N4O3. The van der Waals surface area contributed by atoms with Crippen molar-refractivity contribution < 1.29 is 14.3 Å². The molecule has 1 aromatic carbocycles. The fourth-order valence-corrected chi connectivity index (χ4v) is 5.74. The minimum absolute atomic E-state index is 0.00416. The Bertz CT molecular complexity index is 955. The molecule has 0 spiro atoms. The van der Waals surface area contributed by atoms with Gasteiger partial charge in [-0.25, -0.2) is 4.98 Å². The third-order valence-electron chi connectivity index (χ3n) is 7.08. The average molecular weight is 392 g/mol. The molecule has 7 heteroatoms. The molecule has 4 saturated heterocycles. The highest BCUT2D eigenvalue weighted by atomic mass is 16.7. The van der Waals surface area contributed by atoms with Crippen molar-refractivity contribution in [3.63, 3.8) is 0 Å². The molecular weight excluding hydrogens is 368 g/mol. The largest absolute Gasteiger partial charge is 0.454 e. The zero-order chi connectivity index (χ0) is 19.5. The lowest BCUT2D eigenvalue weighted by atomic mass is 9.75. The van der Waals surface area contributed by atoms with E-state index in [1.165, 1.54) is 18.4 Å². The summed E-state index contributed by atoms with van der Waals surface area (Å²) >= 11 is 0. The van der Waals surface area contributed by atoms with E-state index in [-0.39, 0.29) is 24.7 Å². The lowest BCUT2D eigenvalue weighted by Gasteiger charge is -2.51. The van der Waals surface area contributed by atoms with Crippen molar-refractivity contribution in [1.82, 2.24) is 19.8 Å². The number of carbonyl (C=O) groups is 1. The van der Waals surface area contributed by atoms with Gasteiger partial charge >= 0.3 is 0 Å². The Morgan fingerprint density at radius 3 is 2.69 bits per heavy atom. The van der Waals surface area contributed by atoms with Crippen molar-refractivity contribution in [2.45, 2.75) is 37.8 Å². The van der Waals surface area contributed by atoms with Crippen LogP contribution in [0.15, 0.2) is 30.6 Å². The van der Waals surface area contributed by atoms with Crippen molar-refractivity contribution in [2.24, 2.45) is 5.92 Å². The number of carbonyl (C=O) groups excluding carboxylic acids is 1. The number of likely N-dealkylation sites (tertiary alicyclic amines) is 1. The molecule has 4 fully saturated rings. The van der Waals surface area contributed by atoms with Gasteiger partial charge in [0.05, 0.1) is 17.9 Å². The van der Waals surface area contributed by atoms with E-state index in [1.54, 1.807) is 12.4 Å². The summed E-state index contributed by atoms with van der Waals surface area (Å²) in [6.45, 7) is 5.12. The molecule has 3 atom stereocenters. The first-order chi connectivity index (χ1) is 14.2. The van der Waals surface area contributed by atoms with Gasteiger partial charge in [0, 0.05) is 24.7 Å². The highest BCUT2D eigenvalue weighted by Gasteiger charge is 2.55. The maximum atomic E-state index is 13.4. The number of rotatable bonds is 2. The number of ether oxygens (including phenoxy) is 2. The van der Waals surface area contributed by atoms with Gasteiger partial charge in [-0.3, -0.25) is 14.7 Å². The number of piperidine rings is 3. The van der Waals surface area contributed by atoms with Crippen LogP contribution in [0.4, 0.5) is 0 Å². The molecule has 0 aliphatic carbocycles. The number of fused-ring (bicyclic) bond motifs is 3. The van der Waals surface area contributed by atoms with Crippen molar-refractivity contribution in [1.29, 1.82) is 0 Å². The van der Waals surface area contributed by atoms with Crippen LogP contribution in [0.2, 0.25) is 0 Å². The molecule has 7 nitrogen and oxygen atoms in total. The van der Waals surface area contributed by atoms with E-state index < -0.39 is 0 Å². The fraction of sp³-hybridized carbons (Fsp3) is 0.500. The molecule has 1 amide bonds. The van der Waals surface area contributed by atoms with E-state index in [1.807, 2.05) is 13.0 Å².